The minimum absolute atomic E-state index is 0.667. The number of ether oxygens (including phenoxy) is 1. The predicted molar refractivity (Wildman–Crippen MR) is 85.1 cm³/mol. The minimum atomic E-state index is 0.667. The van der Waals surface area contributed by atoms with E-state index in [1.165, 1.54) is 31.2 Å². The molecule has 0 aromatic heterocycles. The summed E-state index contributed by atoms with van der Waals surface area (Å²) in [6.07, 6.45) is 6.20. The average Bonchev–Trinajstić information content (AvgIpc) is 2.52. The van der Waals surface area contributed by atoms with Crippen LogP contribution in [0, 0.1) is 5.92 Å². The third-order valence-corrected chi connectivity index (χ3v) is 4.61. The van der Waals surface area contributed by atoms with Crippen molar-refractivity contribution in [2.24, 2.45) is 5.92 Å². The van der Waals surface area contributed by atoms with Gasteiger partial charge in [0.2, 0.25) is 0 Å². The lowest BCUT2D eigenvalue weighted by atomic mass is 9.74. The molecule has 20 heavy (non-hydrogen) atoms. The Morgan fingerprint density at radius 3 is 2.65 bits per heavy atom. The number of benzene rings is 1. The summed E-state index contributed by atoms with van der Waals surface area (Å²) in [5.41, 5.74) is 1.52. The van der Waals surface area contributed by atoms with Gasteiger partial charge in [0.15, 0.2) is 0 Å². The molecule has 2 rings (SSSR count). The Hall–Kier alpha value is -0.860. The number of rotatable bonds is 7. The molecule has 0 aliphatic heterocycles. The first-order valence-electron chi connectivity index (χ1n) is 8.15. The van der Waals surface area contributed by atoms with Crippen molar-refractivity contribution in [3.63, 3.8) is 0 Å². The highest BCUT2D eigenvalue weighted by atomic mass is 16.5. The molecule has 0 bridgehead atoms. The molecule has 1 fully saturated rings. The van der Waals surface area contributed by atoms with Crippen molar-refractivity contribution in [1.82, 2.24) is 5.32 Å². The van der Waals surface area contributed by atoms with Crippen LogP contribution in [0.25, 0.3) is 0 Å². The van der Waals surface area contributed by atoms with Crippen LogP contribution in [0.15, 0.2) is 30.3 Å². The molecule has 0 heterocycles. The number of hydrogen-bond donors (Lipinski definition) is 1. The Morgan fingerprint density at radius 2 is 1.95 bits per heavy atom. The largest absolute Gasteiger partial charge is 0.381 e. The summed E-state index contributed by atoms with van der Waals surface area (Å²) in [4.78, 5) is 0. The van der Waals surface area contributed by atoms with Crippen LogP contribution in [-0.2, 0) is 4.74 Å². The fourth-order valence-corrected chi connectivity index (χ4v) is 3.47. The third-order valence-electron chi connectivity index (χ3n) is 4.61. The maximum Gasteiger partial charge on any atom is 0.0469 e. The van der Waals surface area contributed by atoms with Gasteiger partial charge < -0.3 is 10.1 Å². The van der Waals surface area contributed by atoms with E-state index in [4.69, 9.17) is 4.74 Å². The lowest BCUT2D eigenvalue weighted by molar-refractivity contribution is 0.104. The van der Waals surface area contributed by atoms with Crippen LogP contribution in [0.1, 0.15) is 50.5 Å². The zero-order valence-electron chi connectivity index (χ0n) is 13.0. The normalized spacial score (nSPS) is 26.6. The summed E-state index contributed by atoms with van der Waals surface area (Å²) in [5.74, 6) is 1.48. The third kappa shape index (κ3) is 4.32. The number of nitrogens with one attached hydrogen (secondary N) is 1. The number of hydrogen-bond acceptors (Lipinski definition) is 2. The van der Waals surface area contributed by atoms with E-state index < -0.39 is 0 Å². The lowest BCUT2D eigenvalue weighted by Gasteiger charge is -2.36. The van der Waals surface area contributed by atoms with Crippen molar-refractivity contribution < 1.29 is 4.74 Å². The van der Waals surface area contributed by atoms with E-state index in [1.54, 1.807) is 0 Å². The zero-order chi connectivity index (χ0) is 14.2. The van der Waals surface area contributed by atoms with E-state index in [9.17, 15) is 0 Å². The first-order valence-corrected chi connectivity index (χ1v) is 8.15. The fourth-order valence-electron chi connectivity index (χ4n) is 3.47. The van der Waals surface area contributed by atoms with E-state index in [2.05, 4.69) is 49.6 Å². The first kappa shape index (κ1) is 15.5. The average molecular weight is 275 g/mol. The van der Waals surface area contributed by atoms with E-state index in [0.29, 0.717) is 6.04 Å². The second-order valence-corrected chi connectivity index (χ2v) is 5.98. The van der Waals surface area contributed by atoms with Crippen molar-refractivity contribution >= 4 is 0 Å². The summed E-state index contributed by atoms with van der Waals surface area (Å²) < 4.78 is 5.69. The van der Waals surface area contributed by atoms with Gasteiger partial charge >= 0.3 is 0 Å². The van der Waals surface area contributed by atoms with Gasteiger partial charge in [-0.3, -0.25) is 0 Å². The summed E-state index contributed by atoms with van der Waals surface area (Å²) in [6.45, 7) is 3.99. The standard InChI is InChI=1S/C18H29NO/c1-3-12-20-13-11-17-14-16(9-10-18(17)19-2)15-7-5-4-6-8-15/h4-8,16-19H,3,9-14H2,1-2H3. The van der Waals surface area contributed by atoms with E-state index >= 15 is 0 Å². The van der Waals surface area contributed by atoms with Crippen molar-refractivity contribution in [3.8, 4) is 0 Å². The van der Waals surface area contributed by atoms with E-state index in [0.717, 1.165) is 31.5 Å². The Bertz CT molecular complexity index is 365. The molecule has 1 saturated carbocycles. The second-order valence-electron chi connectivity index (χ2n) is 5.98. The van der Waals surface area contributed by atoms with Crippen molar-refractivity contribution in [2.45, 2.75) is 51.0 Å². The SMILES string of the molecule is CCCOCCC1CC(c2ccccc2)CCC1NC. The van der Waals surface area contributed by atoms with E-state index in [1.807, 2.05) is 0 Å². The molecule has 3 unspecified atom stereocenters. The molecular weight excluding hydrogens is 246 g/mol. The van der Waals surface area contributed by atoms with Gasteiger partial charge in [-0.05, 0) is 56.6 Å². The molecule has 2 heteroatoms. The van der Waals surface area contributed by atoms with Crippen LogP contribution in [0.5, 0.6) is 0 Å². The fraction of sp³-hybridized carbons (Fsp3) is 0.667. The second kappa shape index (κ2) is 8.43. The van der Waals surface area contributed by atoms with Crippen molar-refractivity contribution in [1.29, 1.82) is 0 Å². The molecule has 3 atom stereocenters. The first-order chi connectivity index (χ1) is 9.85. The summed E-state index contributed by atoms with van der Waals surface area (Å²) >= 11 is 0. The topological polar surface area (TPSA) is 21.3 Å². The van der Waals surface area contributed by atoms with Gasteiger partial charge in [-0.15, -0.1) is 0 Å². The molecule has 1 aromatic rings. The maximum atomic E-state index is 5.69. The molecule has 1 N–H and O–H groups in total. The maximum absolute atomic E-state index is 5.69. The van der Waals surface area contributed by atoms with Crippen LogP contribution in [0.4, 0.5) is 0 Å². The summed E-state index contributed by atoms with van der Waals surface area (Å²) in [7, 11) is 2.10. The van der Waals surface area contributed by atoms with Gasteiger partial charge in [0, 0.05) is 19.3 Å². The highest BCUT2D eigenvalue weighted by Crippen LogP contribution is 2.37. The smallest absolute Gasteiger partial charge is 0.0469 e. The quantitative estimate of drug-likeness (QED) is 0.760. The van der Waals surface area contributed by atoms with Gasteiger partial charge in [-0.1, -0.05) is 37.3 Å². The summed E-state index contributed by atoms with van der Waals surface area (Å²) in [5, 5.41) is 3.51. The molecular formula is C18H29NO. The van der Waals surface area contributed by atoms with Gasteiger partial charge in [-0.2, -0.15) is 0 Å². The minimum Gasteiger partial charge on any atom is -0.381 e. The zero-order valence-corrected chi connectivity index (χ0v) is 13.0. The molecule has 2 nitrogen and oxygen atoms in total. The molecule has 112 valence electrons. The van der Waals surface area contributed by atoms with Crippen LogP contribution in [0.3, 0.4) is 0 Å². The Balaban J connectivity index is 1.89. The molecule has 0 amide bonds. The Labute approximate surface area is 123 Å². The highest BCUT2D eigenvalue weighted by Gasteiger charge is 2.29. The van der Waals surface area contributed by atoms with Gasteiger partial charge in [0.25, 0.3) is 0 Å². The highest BCUT2D eigenvalue weighted by molar-refractivity contribution is 5.20. The van der Waals surface area contributed by atoms with Crippen LogP contribution < -0.4 is 5.32 Å². The predicted octanol–water partition coefficient (Wildman–Crippen LogP) is 3.98. The lowest BCUT2D eigenvalue weighted by Crippen LogP contribution is -2.38. The van der Waals surface area contributed by atoms with Crippen molar-refractivity contribution in [3.05, 3.63) is 35.9 Å². The Kier molecular flexibility index (Phi) is 6.55. The van der Waals surface area contributed by atoms with Crippen molar-refractivity contribution in [2.75, 3.05) is 20.3 Å². The molecule has 1 aromatic carbocycles. The van der Waals surface area contributed by atoms with Gasteiger partial charge in [-0.25, -0.2) is 0 Å². The molecule has 0 radical (unpaired) electrons. The van der Waals surface area contributed by atoms with Crippen LogP contribution in [0.2, 0.25) is 0 Å². The Morgan fingerprint density at radius 1 is 1.15 bits per heavy atom. The van der Waals surface area contributed by atoms with E-state index in [-0.39, 0.29) is 0 Å². The summed E-state index contributed by atoms with van der Waals surface area (Å²) in [6, 6.07) is 11.7. The molecule has 1 aliphatic rings. The van der Waals surface area contributed by atoms with Gasteiger partial charge in [0.1, 0.15) is 0 Å². The van der Waals surface area contributed by atoms with Crippen LogP contribution >= 0.6 is 0 Å². The van der Waals surface area contributed by atoms with Gasteiger partial charge in [0.05, 0.1) is 0 Å². The molecule has 0 saturated heterocycles. The monoisotopic (exact) mass is 275 g/mol. The molecule has 0 spiro atoms. The van der Waals surface area contributed by atoms with Crippen LogP contribution in [-0.4, -0.2) is 26.3 Å². The molecule has 1 aliphatic carbocycles.